The van der Waals surface area contributed by atoms with Gasteiger partial charge in [-0.15, -0.1) is 11.8 Å². The van der Waals surface area contributed by atoms with Crippen LogP contribution in [0.5, 0.6) is 5.75 Å². The van der Waals surface area contributed by atoms with Crippen molar-refractivity contribution in [2.75, 3.05) is 31.8 Å². The fourth-order valence-electron chi connectivity index (χ4n) is 3.81. The standard InChI is InChI=1S/C22H25N3O3S/c1-27-17-7-5-6-16(14-17)19-15-22(28-24-19)10-12-25(13-11-22)21(26)23-18-8-3-4-9-20(18)29-2/h3-9,14H,10-13,15H2,1-2H3,(H,23,26). The van der Waals surface area contributed by atoms with Crippen molar-refractivity contribution < 1.29 is 14.4 Å². The van der Waals surface area contributed by atoms with Crippen molar-refractivity contribution in [1.82, 2.24) is 4.90 Å². The minimum atomic E-state index is -0.313. The SMILES string of the molecule is COc1cccc(C2=NOC3(CCN(C(=O)Nc4ccccc4SC)CC3)C2)c1. The monoisotopic (exact) mass is 411 g/mol. The molecule has 2 aromatic rings. The number of likely N-dealkylation sites (tertiary alicyclic amines) is 1. The van der Waals surface area contributed by atoms with E-state index in [2.05, 4.69) is 10.5 Å². The van der Waals surface area contributed by atoms with Crippen molar-refractivity contribution in [3.8, 4) is 5.75 Å². The number of urea groups is 1. The number of piperidine rings is 1. The molecule has 29 heavy (non-hydrogen) atoms. The van der Waals surface area contributed by atoms with Gasteiger partial charge >= 0.3 is 6.03 Å². The summed E-state index contributed by atoms with van der Waals surface area (Å²) in [5.74, 6) is 0.808. The van der Waals surface area contributed by atoms with E-state index in [9.17, 15) is 4.79 Å². The summed E-state index contributed by atoms with van der Waals surface area (Å²) in [5.41, 5.74) is 2.50. The van der Waals surface area contributed by atoms with Crippen molar-refractivity contribution in [2.45, 2.75) is 29.8 Å². The molecule has 0 bridgehead atoms. The number of anilines is 1. The van der Waals surface area contributed by atoms with E-state index >= 15 is 0 Å². The highest BCUT2D eigenvalue weighted by Gasteiger charge is 2.43. The summed E-state index contributed by atoms with van der Waals surface area (Å²) in [5, 5.41) is 7.40. The van der Waals surface area contributed by atoms with Gasteiger partial charge in [-0.1, -0.05) is 29.4 Å². The van der Waals surface area contributed by atoms with Crippen LogP contribution in [0, 0.1) is 0 Å². The van der Waals surface area contributed by atoms with Gasteiger partial charge in [0.15, 0.2) is 0 Å². The second-order valence-electron chi connectivity index (χ2n) is 7.34. The van der Waals surface area contributed by atoms with Gasteiger partial charge in [-0.25, -0.2) is 4.79 Å². The third-order valence-electron chi connectivity index (χ3n) is 5.55. The molecule has 0 aromatic heterocycles. The lowest BCUT2D eigenvalue weighted by Gasteiger charge is -2.37. The van der Waals surface area contributed by atoms with Gasteiger partial charge in [-0.05, 0) is 30.5 Å². The van der Waals surface area contributed by atoms with Gasteiger partial charge in [0.05, 0.1) is 18.5 Å². The highest BCUT2D eigenvalue weighted by atomic mass is 32.2. The number of hydrogen-bond donors (Lipinski definition) is 1. The van der Waals surface area contributed by atoms with Crippen molar-refractivity contribution in [1.29, 1.82) is 0 Å². The minimum absolute atomic E-state index is 0.0618. The molecule has 2 aliphatic heterocycles. The lowest BCUT2D eigenvalue weighted by atomic mass is 9.85. The zero-order chi connectivity index (χ0) is 20.3. The fraction of sp³-hybridized carbons (Fsp3) is 0.364. The minimum Gasteiger partial charge on any atom is -0.497 e. The topological polar surface area (TPSA) is 63.2 Å². The maximum atomic E-state index is 12.7. The normalized spacial score (nSPS) is 17.6. The number of nitrogens with one attached hydrogen (secondary N) is 1. The lowest BCUT2D eigenvalue weighted by molar-refractivity contribution is -0.0544. The predicted octanol–water partition coefficient (Wildman–Crippen LogP) is 4.61. The zero-order valence-corrected chi connectivity index (χ0v) is 17.5. The molecule has 1 N–H and O–H groups in total. The van der Waals surface area contributed by atoms with E-state index in [0.29, 0.717) is 13.1 Å². The quantitative estimate of drug-likeness (QED) is 0.747. The van der Waals surface area contributed by atoms with Gasteiger partial charge in [0.2, 0.25) is 0 Å². The molecule has 0 unspecified atom stereocenters. The molecular formula is C22H25N3O3S. The van der Waals surface area contributed by atoms with E-state index in [1.807, 2.05) is 59.7 Å². The number of benzene rings is 2. The number of ether oxygens (including phenoxy) is 1. The van der Waals surface area contributed by atoms with E-state index < -0.39 is 0 Å². The van der Waals surface area contributed by atoms with Crippen molar-refractivity contribution in [3.63, 3.8) is 0 Å². The number of carbonyl (C=O) groups excluding carboxylic acids is 1. The van der Waals surface area contributed by atoms with Gasteiger partial charge in [0, 0.05) is 42.8 Å². The smallest absolute Gasteiger partial charge is 0.321 e. The predicted molar refractivity (Wildman–Crippen MR) is 116 cm³/mol. The molecule has 2 aliphatic rings. The van der Waals surface area contributed by atoms with Gasteiger partial charge in [0.1, 0.15) is 11.4 Å². The fourth-order valence-corrected chi connectivity index (χ4v) is 4.36. The molecular weight excluding hydrogens is 386 g/mol. The summed E-state index contributed by atoms with van der Waals surface area (Å²) in [6.07, 6.45) is 4.29. The molecule has 7 heteroatoms. The molecule has 2 amide bonds. The number of methoxy groups -OCH3 is 1. The largest absolute Gasteiger partial charge is 0.497 e. The highest BCUT2D eigenvalue weighted by Crippen LogP contribution is 2.37. The summed E-state index contributed by atoms with van der Waals surface area (Å²) >= 11 is 1.62. The van der Waals surface area contributed by atoms with Crippen LogP contribution < -0.4 is 10.1 Å². The summed E-state index contributed by atoms with van der Waals surface area (Å²) in [7, 11) is 1.66. The molecule has 0 atom stereocenters. The number of oxime groups is 1. The summed E-state index contributed by atoms with van der Waals surface area (Å²) < 4.78 is 5.31. The average molecular weight is 412 g/mol. The second-order valence-corrected chi connectivity index (χ2v) is 8.19. The van der Waals surface area contributed by atoms with Crippen LogP contribution in [0.1, 0.15) is 24.8 Å². The van der Waals surface area contributed by atoms with E-state index in [0.717, 1.165) is 46.9 Å². The molecule has 0 aliphatic carbocycles. The molecule has 152 valence electrons. The van der Waals surface area contributed by atoms with Crippen LogP contribution >= 0.6 is 11.8 Å². The molecule has 2 aromatic carbocycles. The van der Waals surface area contributed by atoms with Gasteiger partial charge in [-0.3, -0.25) is 0 Å². The van der Waals surface area contributed by atoms with Crippen LogP contribution in [-0.4, -0.2) is 48.7 Å². The number of hydrogen-bond acceptors (Lipinski definition) is 5. The number of para-hydroxylation sites is 1. The first-order valence-electron chi connectivity index (χ1n) is 9.71. The zero-order valence-electron chi connectivity index (χ0n) is 16.7. The van der Waals surface area contributed by atoms with Crippen LogP contribution in [-0.2, 0) is 4.84 Å². The Labute approximate surface area is 175 Å². The van der Waals surface area contributed by atoms with E-state index in [-0.39, 0.29) is 11.6 Å². The maximum absolute atomic E-state index is 12.7. The molecule has 6 nitrogen and oxygen atoms in total. The number of nitrogens with zero attached hydrogens (tertiary/aromatic N) is 2. The first-order chi connectivity index (χ1) is 14.1. The Morgan fingerprint density at radius 1 is 1.21 bits per heavy atom. The maximum Gasteiger partial charge on any atom is 0.321 e. The Bertz CT molecular complexity index is 923. The first-order valence-corrected chi connectivity index (χ1v) is 10.9. The third-order valence-corrected chi connectivity index (χ3v) is 6.35. The molecule has 4 rings (SSSR count). The number of thioether (sulfide) groups is 1. The molecule has 0 radical (unpaired) electrons. The van der Waals surface area contributed by atoms with Crippen LogP contribution in [0.2, 0.25) is 0 Å². The van der Waals surface area contributed by atoms with Crippen LogP contribution in [0.15, 0.2) is 58.6 Å². The van der Waals surface area contributed by atoms with Crippen molar-refractivity contribution in [2.24, 2.45) is 5.16 Å². The molecule has 1 fully saturated rings. The van der Waals surface area contributed by atoms with Crippen LogP contribution in [0.4, 0.5) is 10.5 Å². The molecule has 1 saturated heterocycles. The molecule has 1 spiro atoms. The van der Waals surface area contributed by atoms with E-state index in [1.54, 1.807) is 18.9 Å². The number of rotatable bonds is 4. The summed E-state index contributed by atoms with van der Waals surface area (Å²) in [4.78, 5) is 21.5. The highest BCUT2D eigenvalue weighted by molar-refractivity contribution is 7.98. The Hall–Kier alpha value is -2.67. The first kappa shape index (κ1) is 19.6. The third kappa shape index (κ3) is 4.19. The second kappa shape index (κ2) is 8.37. The van der Waals surface area contributed by atoms with Crippen LogP contribution in [0.3, 0.4) is 0 Å². The Morgan fingerprint density at radius 3 is 2.76 bits per heavy atom. The summed E-state index contributed by atoms with van der Waals surface area (Å²) in [6.45, 7) is 1.29. The summed E-state index contributed by atoms with van der Waals surface area (Å²) in [6, 6.07) is 15.7. The van der Waals surface area contributed by atoms with Crippen molar-refractivity contribution in [3.05, 3.63) is 54.1 Å². The Kier molecular flexibility index (Phi) is 5.67. The Balaban J connectivity index is 1.35. The van der Waals surface area contributed by atoms with E-state index in [4.69, 9.17) is 9.57 Å². The number of carbonyl (C=O) groups is 1. The van der Waals surface area contributed by atoms with Crippen LogP contribution in [0.25, 0.3) is 0 Å². The number of amides is 2. The molecule has 0 saturated carbocycles. The Morgan fingerprint density at radius 2 is 2.00 bits per heavy atom. The molecule has 2 heterocycles. The van der Waals surface area contributed by atoms with Crippen molar-refractivity contribution >= 4 is 29.2 Å². The van der Waals surface area contributed by atoms with Gasteiger partial charge in [-0.2, -0.15) is 0 Å². The van der Waals surface area contributed by atoms with Gasteiger partial charge < -0.3 is 19.8 Å². The van der Waals surface area contributed by atoms with E-state index in [1.165, 1.54) is 0 Å². The average Bonchev–Trinajstić information content (AvgIpc) is 3.18. The lowest BCUT2D eigenvalue weighted by Crippen LogP contribution is -2.48. The van der Waals surface area contributed by atoms with Gasteiger partial charge in [0.25, 0.3) is 0 Å².